The highest BCUT2D eigenvalue weighted by atomic mass is 32.2. The molecule has 0 aliphatic carbocycles. The summed E-state index contributed by atoms with van der Waals surface area (Å²) >= 11 is 1.16. The van der Waals surface area contributed by atoms with Gasteiger partial charge in [-0.15, -0.1) is 11.8 Å². The molecule has 0 rings (SSSR count). The van der Waals surface area contributed by atoms with E-state index >= 15 is 0 Å². The van der Waals surface area contributed by atoms with Gasteiger partial charge in [-0.1, -0.05) is 0 Å². The minimum absolute atomic E-state index is 0.224. The molecule has 0 saturated heterocycles. The van der Waals surface area contributed by atoms with E-state index in [1.165, 1.54) is 0 Å². The number of hydrogen-bond acceptors (Lipinski definition) is 5. The minimum atomic E-state index is -1.23. The van der Waals surface area contributed by atoms with Gasteiger partial charge in [-0.3, -0.25) is 0 Å². The number of carboxylic acids is 2. The molecule has 6 N–H and O–H groups in total. The topological polar surface area (TPSA) is 136 Å². The van der Waals surface area contributed by atoms with Crippen molar-refractivity contribution in [1.29, 1.82) is 0 Å². The monoisotopic (exact) mass is 208 g/mol. The first kappa shape index (κ1) is 12.2. The van der Waals surface area contributed by atoms with Crippen LogP contribution in [0.2, 0.25) is 0 Å². The summed E-state index contributed by atoms with van der Waals surface area (Å²) in [6.07, 6.45) is 0. The highest BCUT2D eigenvalue weighted by Crippen LogP contribution is 2.01. The van der Waals surface area contributed by atoms with E-state index in [1.807, 2.05) is 0 Å². The van der Waals surface area contributed by atoms with Crippen LogP contribution in [-0.4, -0.2) is 35.5 Å². The molecule has 0 aromatic heterocycles. The molecule has 7 heteroatoms. The number of rotatable bonds is 6. The fourth-order valence-electron chi connectivity index (χ4n) is 0.489. The van der Waals surface area contributed by atoms with Crippen LogP contribution in [0.25, 0.3) is 0 Å². The van der Waals surface area contributed by atoms with Gasteiger partial charge >= 0.3 is 0 Å². The molecule has 0 radical (unpaired) electrons. The Kier molecular flexibility index (Phi) is 5.44. The Labute approximate surface area is 79.3 Å². The van der Waals surface area contributed by atoms with Crippen LogP contribution < -0.4 is 21.7 Å². The molecule has 13 heavy (non-hydrogen) atoms. The van der Waals surface area contributed by atoms with Gasteiger partial charge in [0.1, 0.15) is 12.1 Å². The zero-order valence-corrected chi connectivity index (χ0v) is 7.84. The summed E-state index contributed by atoms with van der Waals surface area (Å²) in [5.74, 6) is -2.02. The molecule has 0 aliphatic rings. The molecule has 0 aromatic rings. The zero-order chi connectivity index (χ0) is 10.4. The molecule has 0 heterocycles. The second kappa shape index (κ2) is 5.79. The predicted octanol–water partition coefficient (Wildman–Crippen LogP) is -5.56. The van der Waals surface area contributed by atoms with E-state index in [0.29, 0.717) is 0 Å². The van der Waals surface area contributed by atoms with Crippen molar-refractivity contribution < 1.29 is 31.3 Å². The molecule has 6 nitrogen and oxygen atoms in total. The van der Waals surface area contributed by atoms with E-state index < -0.39 is 24.0 Å². The van der Waals surface area contributed by atoms with Crippen LogP contribution in [-0.2, 0) is 9.59 Å². The Hall–Kier alpha value is -0.790. The molecule has 0 fully saturated rings. The van der Waals surface area contributed by atoms with Crippen molar-refractivity contribution in [2.45, 2.75) is 12.1 Å². The van der Waals surface area contributed by atoms with Gasteiger partial charge in [0.05, 0.1) is 23.4 Å². The predicted molar refractivity (Wildman–Crippen MR) is 40.7 cm³/mol. The lowest BCUT2D eigenvalue weighted by atomic mass is 10.4. The Morgan fingerprint density at radius 3 is 1.62 bits per heavy atom. The highest BCUT2D eigenvalue weighted by Gasteiger charge is 2.11. The highest BCUT2D eigenvalue weighted by molar-refractivity contribution is 7.99. The number of quaternary nitrogens is 2. The summed E-state index contributed by atoms with van der Waals surface area (Å²) in [4.78, 5) is 20.4. The van der Waals surface area contributed by atoms with Crippen LogP contribution in [0.1, 0.15) is 0 Å². The summed E-state index contributed by atoms with van der Waals surface area (Å²) in [5, 5.41) is 20.4. The first-order valence-electron chi connectivity index (χ1n) is 3.60. The lowest BCUT2D eigenvalue weighted by Gasteiger charge is -2.11. The van der Waals surface area contributed by atoms with Crippen LogP contribution >= 0.6 is 11.8 Å². The van der Waals surface area contributed by atoms with Crippen LogP contribution in [0.15, 0.2) is 0 Å². The third-order valence-electron chi connectivity index (χ3n) is 1.30. The Balaban J connectivity index is 3.56. The standard InChI is InChI=1S/C6H12N2O4S/c7-3(5(9)10)1-13-2-4(8)6(11)12/h3-4H,1-2,7-8H2,(H,9,10)(H,11,12)/t3-,4-/m1/s1. The van der Waals surface area contributed by atoms with Gasteiger partial charge in [-0.05, 0) is 0 Å². The van der Waals surface area contributed by atoms with Gasteiger partial charge in [0.25, 0.3) is 0 Å². The first-order valence-corrected chi connectivity index (χ1v) is 4.76. The number of thioether (sulfide) groups is 1. The minimum Gasteiger partial charge on any atom is -0.544 e. The average molecular weight is 208 g/mol. The average Bonchev–Trinajstić information content (AvgIpc) is 2.03. The van der Waals surface area contributed by atoms with Gasteiger partial charge in [0.15, 0.2) is 0 Å². The Morgan fingerprint density at radius 2 is 1.38 bits per heavy atom. The number of carboxylic acid groups (broad SMARTS) is 2. The maximum absolute atomic E-state index is 10.2. The molecule has 0 saturated carbocycles. The molecule has 0 unspecified atom stereocenters. The lowest BCUT2D eigenvalue weighted by Crippen LogP contribution is -2.71. The van der Waals surface area contributed by atoms with E-state index in [9.17, 15) is 19.8 Å². The van der Waals surface area contributed by atoms with Crippen molar-refractivity contribution in [1.82, 2.24) is 0 Å². The van der Waals surface area contributed by atoms with E-state index in [0.717, 1.165) is 11.8 Å². The fourth-order valence-corrected chi connectivity index (χ4v) is 1.47. The van der Waals surface area contributed by atoms with Gasteiger partial charge in [-0.2, -0.15) is 0 Å². The number of carbonyl (C=O) groups excluding carboxylic acids is 2. The van der Waals surface area contributed by atoms with Gasteiger partial charge in [0.2, 0.25) is 0 Å². The van der Waals surface area contributed by atoms with E-state index in [-0.39, 0.29) is 11.5 Å². The molecule has 0 amide bonds. The summed E-state index contributed by atoms with van der Waals surface area (Å²) in [6.45, 7) is 0. The Morgan fingerprint density at radius 1 is 1.08 bits per heavy atom. The van der Waals surface area contributed by atoms with Gasteiger partial charge < -0.3 is 31.3 Å². The SMILES string of the molecule is [NH3+][C@H](CSC[C@@H]([NH3+])C(=O)[O-])C(=O)[O-]. The molecule has 2 atom stereocenters. The van der Waals surface area contributed by atoms with E-state index in [4.69, 9.17) is 0 Å². The van der Waals surface area contributed by atoms with Crippen molar-refractivity contribution >= 4 is 23.7 Å². The van der Waals surface area contributed by atoms with Crippen LogP contribution in [0.5, 0.6) is 0 Å². The summed E-state index contributed by atoms with van der Waals surface area (Å²) in [6, 6.07) is -1.64. The molecule has 0 aliphatic heterocycles. The second-order valence-corrected chi connectivity index (χ2v) is 3.64. The van der Waals surface area contributed by atoms with Crippen molar-refractivity contribution in [2.24, 2.45) is 0 Å². The van der Waals surface area contributed by atoms with E-state index in [2.05, 4.69) is 11.5 Å². The summed E-state index contributed by atoms with van der Waals surface area (Å²) in [7, 11) is 0. The molecule has 76 valence electrons. The third kappa shape index (κ3) is 5.45. The summed E-state index contributed by atoms with van der Waals surface area (Å²) in [5.41, 5.74) is 6.63. The molecule has 0 spiro atoms. The number of hydrogen-bond donors (Lipinski definition) is 2. The van der Waals surface area contributed by atoms with Crippen molar-refractivity contribution in [3.8, 4) is 0 Å². The van der Waals surface area contributed by atoms with Crippen molar-refractivity contribution in [3.05, 3.63) is 0 Å². The lowest BCUT2D eigenvalue weighted by molar-refractivity contribution is -0.432. The fraction of sp³-hybridized carbons (Fsp3) is 0.667. The zero-order valence-electron chi connectivity index (χ0n) is 7.02. The van der Waals surface area contributed by atoms with Gasteiger partial charge in [0, 0.05) is 0 Å². The van der Waals surface area contributed by atoms with Crippen LogP contribution in [0, 0.1) is 0 Å². The number of aliphatic carboxylic acids is 2. The normalized spacial score (nSPS) is 14.9. The van der Waals surface area contributed by atoms with E-state index in [1.54, 1.807) is 0 Å². The van der Waals surface area contributed by atoms with Crippen LogP contribution in [0.4, 0.5) is 0 Å². The molecular weight excluding hydrogens is 196 g/mol. The largest absolute Gasteiger partial charge is 0.544 e. The quantitative estimate of drug-likeness (QED) is 0.448. The summed E-state index contributed by atoms with van der Waals surface area (Å²) < 4.78 is 0. The molecule has 0 bridgehead atoms. The maximum atomic E-state index is 10.2. The first-order chi connectivity index (χ1) is 5.95. The van der Waals surface area contributed by atoms with Crippen molar-refractivity contribution in [2.75, 3.05) is 11.5 Å². The second-order valence-electron chi connectivity index (χ2n) is 2.57. The van der Waals surface area contributed by atoms with Gasteiger partial charge in [-0.25, -0.2) is 0 Å². The number of carbonyl (C=O) groups is 2. The smallest absolute Gasteiger partial charge is 0.134 e. The third-order valence-corrected chi connectivity index (χ3v) is 2.58. The maximum Gasteiger partial charge on any atom is 0.134 e. The van der Waals surface area contributed by atoms with Crippen LogP contribution in [0.3, 0.4) is 0 Å². The Bertz CT molecular complexity index is 179. The van der Waals surface area contributed by atoms with Crippen molar-refractivity contribution in [3.63, 3.8) is 0 Å². The molecule has 0 aromatic carbocycles. The molecular formula is C6H12N2O4S.